The third kappa shape index (κ3) is 2.05. The van der Waals surface area contributed by atoms with Crippen LogP contribution in [-0.2, 0) is 9.59 Å². The van der Waals surface area contributed by atoms with Crippen LogP contribution in [0.5, 0.6) is 0 Å². The second-order valence-corrected chi connectivity index (χ2v) is 4.32. The minimum atomic E-state index is -0.379. The molecule has 1 aliphatic heterocycles. The lowest BCUT2D eigenvalue weighted by Crippen LogP contribution is -2.61. The highest BCUT2D eigenvalue weighted by molar-refractivity contribution is 5.96. The Hall–Kier alpha value is -1.06. The smallest absolute Gasteiger partial charge is 0.245 e. The van der Waals surface area contributed by atoms with Gasteiger partial charge in [0.25, 0.3) is 0 Å². The molecule has 2 amide bonds. The van der Waals surface area contributed by atoms with Crippen molar-refractivity contribution < 1.29 is 9.59 Å². The first-order valence-electron chi connectivity index (χ1n) is 5.00. The fraction of sp³-hybridized carbons (Fsp3) is 0.800. The summed E-state index contributed by atoms with van der Waals surface area (Å²) in [4.78, 5) is 24.7. The van der Waals surface area contributed by atoms with E-state index < -0.39 is 0 Å². The average Bonchev–Trinajstić information content (AvgIpc) is 2.09. The first-order chi connectivity index (χ1) is 6.43. The highest BCUT2D eigenvalue weighted by Crippen LogP contribution is 2.15. The van der Waals surface area contributed by atoms with Crippen molar-refractivity contribution in [3.8, 4) is 0 Å². The van der Waals surface area contributed by atoms with Gasteiger partial charge >= 0.3 is 0 Å². The van der Waals surface area contributed by atoms with Crippen molar-refractivity contribution in [2.75, 3.05) is 7.05 Å². The molecule has 1 aliphatic rings. The largest absolute Gasteiger partial charge is 0.343 e. The zero-order chi connectivity index (χ0) is 10.9. The zero-order valence-electron chi connectivity index (χ0n) is 9.20. The second-order valence-electron chi connectivity index (χ2n) is 4.32. The molecule has 0 spiro atoms. The molecule has 2 unspecified atom stereocenters. The van der Waals surface area contributed by atoms with Crippen LogP contribution in [0.25, 0.3) is 0 Å². The molecule has 14 heavy (non-hydrogen) atoms. The maximum absolute atomic E-state index is 11.6. The molecular weight excluding hydrogens is 180 g/mol. The number of hydrogen-bond acceptors (Lipinski definition) is 2. The van der Waals surface area contributed by atoms with Gasteiger partial charge in [0.05, 0.1) is 0 Å². The van der Waals surface area contributed by atoms with E-state index in [-0.39, 0.29) is 23.9 Å². The molecule has 1 saturated heterocycles. The number of nitrogens with one attached hydrogen (secondary N) is 1. The molecule has 80 valence electrons. The van der Waals surface area contributed by atoms with Gasteiger partial charge in [0.15, 0.2) is 0 Å². The van der Waals surface area contributed by atoms with Gasteiger partial charge in [-0.2, -0.15) is 0 Å². The number of likely N-dealkylation sites (N-methyl/N-ethyl adjacent to an activating group) is 1. The molecule has 4 heteroatoms. The summed E-state index contributed by atoms with van der Waals surface area (Å²) in [5.74, 6) is 0.373. The van der Waals surface area contributed by atoms with Crippen molar-refractivity contribution >= 4 is 11.8 Å². The lowest BCUT2D eigenvalue weighted by atomic mass is 9.99. The molecule has 1 N–H and O–H groups in total. The number of hydrogen-bond donors (Lipinski definition) is 1. The highest BCUT2D eigenvalue weighted by Gasteiger charge is 2.36. The number of carbonyl (C=O) groups excluding carboxylic acids is 2. The van der Waals surface area contributed by atoms with Gasteiger partial charge in [0.2, 0.25) is 11.8 Å². The van der Waals surface area contributed by atoms with E-state index in [9.17, 15) is 9.59 Å². The lowest BCUT2D eigenvalue weighted by molar-refractivity contribution is -0.147. The molecule has 4 nitrogen and oxygen atoms in total. The van der Waals surface area contributed by atoms with E-state index in [0.717, 1.165) is 6.42 Å². The molecule has 0 aromatic heterocycles. The predicted octanol–water partition coefficient (Wildman–Crippen LogP) is 0.378. The van der Waals surface area contributed by atoms with Crippen LogP contribution in [0.15, 0.2) is 0 Å². The van der Waals surface area contributed by atoms with Crippen LogP contribution in [0, 0.1) is 5.92 Å². The zero-order valence-corrected chi connectivity index (χ0v) is 9.20. The third-order valence-corrected chi connectivity index (χ3v) is 2.54. The Labute approximate surface area is 84.7 Å². The van der Waals surface area contributed by atoms with E-state index in [1.165, 1.54) is 0 Å². The minimum absolute atomic E-state index is 0.00440. The van der Waals surface area contributed by atoms with E-state index in [4.69, 9.17) is 0 Å². The number of carbonyl (C=O) groups is 2. The van der Waals surface area contributed by atoms with Crippen LogP contribution >= 0.6 is 0 Å². The van der Waals surface area contributed by atoms with E-state index in [0.29, 0.717) is 5.92 Å². The first kappa shape index (κ1) is 11.0. The first-order valence-corrected chi connectivity index (χ1v) is 5.00. The quantitative estimate of drug-likeness (QED) is 0.697. The second kappa shape index (κ2) is 3.98. The van der Waals surface area contributed by atoms with Gasteiger partial charge in [-0.3, -0.25) is 9.59 Å². The normalized spacial score (nSPS) is 28.2. The predicted molar refractivity (Wildman–Crippen MR) is 53.6 cm³/mol. The van der Waals surface area contributed by atoms with Crippen molar-refractivity contribution in [2.24, 2.45) is 5.92 Å². The Morgan fingerprint density at radius 3 is 2.50 bits per heavy atom. The molecule has 0 radical (unpaired) electrons. The molecule has 2 atom stereocenters. The summed E-state index contributed by atoms with van der Waals surface area (Å²) in [6.45, 7) is 5.80. The van der Waals surface area contributed by atoms with Crippen LogP contribution in [0.2, 0.25) is 0 Å². The number of amides is 2. The summed E-state index contributed by atoms with van der Waals surface area (Å²) in [5.41, 5.74) is 0. The van der Waals surface area contributed by atoms with Crippen molar-refractivity contribution in [2.45, 2.75) is 39.3 Å². The molecular formula is C10H18N2O2. The number of piperazine rings is 1. The van der Waals surface area contributed by atoms with Crippen LogP contribution in [0.1, 0.15) is 27.2 Å². The molecule has 0 bridgehead atoms. The summed E-state index contributed by atoms with van der Waals surface area (Å²) in [5, 5.41) is 2.68. The average molecular weight is 198 g/mol. The number of rotatable bonds is 2. The molecule has 1 fully saturated rings. The van der Waals surface area contributed by atoms with Gasteiger partial charge < -0.3 is 10.2 Å². The molecule has 1 rings (SSSR count). The number of nitrogens with zero attached hydrogens (tertiary/aromatic N) is 1. The molecule has 1 heterocycles. The fourth-order valence-electron chi connectivity index (χ4n) is 1.72. The van der Waals surface area contributed by atoms with Gasteiger partial charge in [0, 0.05) is 7.05 Å². The van der Waals surface area contributed by atoms with Crippen molar-refractivity contribution in [3.05, 3.63) is 0 Å². The molecule has 0 aromatic carbocycles. The van der Waals surface area contributed by atoms with Crippen molar-refractivity contribution in [1.29, 1.82) is 0 Å². The summed E-state index contributed by atoms with van der Waals surface area (Å²) in [6, 6.07) is -0.672. The SMILES string of the molecule is CC(C)CC1C(=O)NC(C)C(=O)N1C. The van der Waals surface area contributed by atoms with Crippen molar-refractivity contribution in [3.63, 3.8) is 0 Å². The summed E-state index contributed by atoms with van der Waals surface area (Å²) in [6.07, 6.45) is 0.723. The Balaban J connectivity index is 2.74. The molecule has 0 aliphatic carbocycles. The van der Waals surface area contributed by atoms with Crippen LogP contribution in [-0.4, -0.2) is 35.8 Å². The molecule has 0 saturated carbocycles. The van der Waals surface area contributed by atoms with Gasteiger partial charge in [-0.05, 0) is 19.3 Å². The Bertz CT molecular complexity index is 251. The van der Waals surface area contributed by atoms with Crippen molar-refractivity contribution in [1.82, 2.24) is 10.2 Å². The minimum Gasteiger partial charge on any atom is -0.343 e. The van der Waals surface area contributed by atoms with E-state index >= 15 is 0 Å². The lowest BCUT2D eigenvalue weighted by Gasteiger charge is -2.36. The van der Waals surface area contributed by atoms with Crippen LogP contribution < -0.4 is 5.32 Å². The van der Waals surface area contributed by atoms with Gasteiger partial charge in [-0.15, -0.1) is 0 Å². The summed E-state index contributed by atoms with van der Waals surface area (Å²) < 4.78 is 0. The maximum Gasteiger partial charge on any atom is 0.245 e. The maximum atomic E-state index is 11.6. The van der Waals surface area contributed by atoms with E-state index in [1.807, 2.05) is 13.8 Å². The van der Waals surface area contributed by atoms with Gasteiger partial charge in [0.1, 0.15) is 12.1 Å². The Kier molecular flexibility index (Phi) is 3.13. The standard InChI is InChI=1S/C10H18N2O2/c1-6(2)5-8-9(13)11-7(3)10(14)12(8)4/h6-8H,5H2,1-4H3,(H,11,13). The monoisotopic (exact) mass is 198 g/mol. The summed E-state index contributed by atoms with van der Waals surface area (Å²) >= 11 is 0. The molecule has 0 aromatic rings. The van der Waals surface area contributed by atoms with Crippen LogP contribution in [0.3, 0.4) is 0 Å². The topological polar surface area (TPSA) is 49.4 Å². The highest BCUT2D eigenvalue weighted by atomic mass is 16.2. The Morgan fingerprint density at radius 2 is 2.00 bits per heavy atom. The Morgan fingerprint density at radius 1 is 1.43 bits per heavy atom. The van der Waals surface area contributed by atoms with E-state index in [1.54, 1.807) is 18.9 Å². The van der Waals surface area contributed by atoms with Gasteiger partial charge in [-0.25, -0.2) is 0 Å². The van der Waals surface area contributed by atoms with E-state index in [2.05, 4.69) is 5.32 Å². The van der Waals surface area contributed by atoms with Crippen LogP contribution in [0.4, 0.5) is 0 Å². The summed E-state index contributed by atoms with van der Waals surface area (Å²) in [7, 11) is 1.70. The third-order valence-electron chi connectivity index (χ3n) is 2.54. The van der Waals surface area contributed by atoms with Gasteiger partial charge in [-0.1, -0.05) is 13.8 Å². The fourth-order valence-corrected chi connectivity index (χ4v) is 1.72.